The van der Waals surface area contributed by atoms with E-state index in [0.717, 1.165) is 5.56 Å². The highest BCUT2D eigenvalue weighted by atomic mass is 16.7. The lowest BCUT2D eigenvalue weighted by atomic mass is 10.1. The smallest absolute Gasteiger partial charge is 0.344 e. The minimum atomic E-state index is -0.601. The van der Waals surface area contributed by atoms with Crippen molar-refractivity contribution in [1.82, 2.24) is 0 Å². The number of rotatable bonds is 2. The summed E-state index contributed by atoms with van der Waals surface area (Å²) in [6.45, 7) is 0.177. The van der Waals surface area contributed by atoms with E-state index < -0.39 is 10.9 Å². The van der Waals surface area contributed by atoms with Gasteiger partial charge in [-0.25, -0.2) is 4.79 Å². The SMILES string of the molecule is O=C1OC(=Cc2ccc3c(c2)OCO3)c2ccc([N+](=O)[O-])cc21. The van der Waals surface area contributed by atoms with Crippen LogP contribution in [0.15, 0.2) is 36.4 Å². The standard InChI is InChI=1S/C16H9NO6/c18-16-12-7-10(17(19)20)2-3-11(12)14(23-16)5-9-1-4-13-15(6-9)22-8-21-13/h1-7H,8H2. The second kappa shape index (κ2) is 4.84. The van der Waals surface area contributed by atoms with Crippen LogP contribution in [-0.4, -0.2) is 17.7 Å². The zero-order valence-electron chi connectivity index (χ0n) is 11.6. The van der Waals surface area contributed by atoms with Crippen molar-refractivity contribution >= 4 is 23.5 Å². The molecule has 0 aliphatic carbocycles. The van der Waals surface area contributed by atoms with Crippen molar-refractivity contribution in [3.05, 3.63) is 63.2 Å². The van der Waals surface area contributed by atoms with Crippen LogP contribution in [0.2, 0.25) is 0 Å². The lowest BCUT2D eigenvalue weighted by Gasteiger charge is -2.01. The van der Waals surface area contributed by atoms with Crippen LogP contribution in [-0.2, 0) is 4.74 Å². The molecule has 4 rings (SSSR count). The lowest BCUT2D eigenvalue weighted by molar-refractivity contribution is -0.384. The zero-order valence-corrected chi connectivity index (χ0v) is 11.6. The summed E-state index contributed by atoms with van der Waals surface area (Å²) in [6.07, 6.45) is 1.68. The number of hydrogen-bond donors (Lipinski definition) is 0. The second-order valence-corrected chi connectivity index (χ2v) is 5.00. The molecule has 2 aliphatic rings. The molecule has 7 nitrogen and oxygen atoms in total. The van der Waals surface area contributed by atoms with Gasteiger partial charge in [0.2, 0.25) is 6.79 Å². The van der Waals surface area contributed by atoms with E-state index >= 15 is 0 Å². The number of esters is 1. The highest BCUT2D eigenvalue weighted by molar-refractivity contribution is 6.06. The van der Waals surface area contributed by atoms with E-state index in [-0.39, 0.29) is 18.0 Å². The number of carbonyl (C=O) groups is 1. The van der Waals surface area contributed by atoms with E-state index in [2.05, 4.69) is 0 Å². The zero-order chi connectivity index (χ0) is 16.0. The van der Waals surface area contributed by atoms with E-state index in [1.54, 1.807) is 24.3 Å². The van der Waals surface area contributed by atoms with Crippen molar-refractivity contribution in [2.24, 2.45) is 0 Å². The molecule has 0 unspecified atom stereocenters. The normalized spacial score (nSPS) is 16.3. The number of cyclic esters (lactones) is 1. The van der Waals surface area contributed by atoms with Gasteiger partial charge in [0.05, 0.1) is 10.5 Å². The first kappa shape index (κ1) is 13.3. The Morgan fingerprint density at radius 1 is 1.04 bits per heavy atom. The maximum atomic E-state index is 11.9. The molecular weight excluding hydrogens is 302 g/mol. The van der Waals surface area contributed by atoms with Gasteiger partial charge in [0.15, 0.2) is 11.5 Å². The molecule has 0 bridgehead atoms. The summed E-state index contributed by atoms with van der Waals surface area (Å²) >= 11 is 0. The Kier molecular flexibility index (Phi) is 2.80. The number of nitrogens with zero attached hydrogens (tertiary/aromatic N) is 1. The van der Waals surface area contributed by atoms with Gasteiger partial charge in [0.25, 0.3) is 5.69 Å². The van der Waals surface area contributed by atoms with Crippen LogP contribution in [0.1, 0.15) is 21.5 Å². The number of benzene rings is 2. The molecular formula is C16H9NO6. The van der Waals surface area contributed by atoms with Gasteiger partial charge in [-0.2, -0.15) is 0 Å². The molecule has 0 radical (unpaired) electrons. The molecule has 0 atom stereocenters. The van der Waals surface area contributed by atoms with Crippen molar-refractivity contribution in [3.8, 4) is 11.5 Å². The molecule has 2 aromatic carbocycles. The third-order valence-electron chi connectivity index (χ3n) is 3.60. The molecule has 0 spiro atoms. The van der Waals surface area contributed by atoms with Crippen LogP contribution < -0.4 is 9.47 Å². The first-order chi connectivity index (χ1) is 11.1. The van der Waals surface area contributed by atoms with Crippen molar-refractivity contribution in [3.63, 3.8) is 0 Å². The fraction of sp³-hybridized carbons (Fsp3) is 0.0625. The third kappa shape index (κ3) is 2.18. The molecule has 114 valence electrons. The number of non-ortho nitro benzene ring substituents is 1. The van der Waals surface area contributed by atoms with Gasteiger partial charge in [0.1, 0.15) is 5.76 Å². The summed E-state index contributed by atoms with van der Waals surface area (Å²) in [4.78, 5) is 22.2. The molecule has 0 fully saturated rings. The minimum Gasteiger partial charge on any atom is -0.454 e. The van der Waals surface area contributed by atoms with Crippen molar-refractivity contribution < 1.29 is 23.9 Å². The summed E-state index contributed by atoms with van der Waals surface area (Å²) < 4.78 is 15.8. The second-order valence-electron chi connectivity index (χ2n) is 5.00. The molecule has 23 heavy (non-hydrogen) atoms. The molecule has 2 aromatic rings. The maximum Gasteiger partial charge on any atom is 0.344 e. The monoisotopic (exact) mass is 311 g/mol. The van der Waals surface area contributed by atoms with E-state index in [9.17, 15) is 14.9 Å². The number of carbonyl (C=O) groups excluding carboxylic acids is 1. The third-order valence-corrected chi connectivity index (χ3v) is 3.60. The number of hydrogen-bond acceptors (Lipinski definition) is 6. The van der Waals surface area contributed by atoms with Crippen LogP contribution in [0.25, 0.3) is 11.8 Å². The molecule has 0 saturated carbocycles. The first-order valence-corrected chi connectivity index (χ1v) is 6.74. The van der Waals surface area contributed by atoms with Crippen molar-refractivity contribution in [2.45, 2.75) is 0 Å². The fourth-order valence-electron chi connectivity index (χ4n) is 2.50. The van der Waals surface area contributed by atoms with Gasteiger partial charge in [-0.05, 0) is 29.8 Å². The Balaban J connectivity index is 1.75. The molecule has 0 amide bonds. The predicted octanol–water partition coefficient (Wildman–Crippen LogP) is 2.99. The quantitative estimate of drug-likeness (QED) is 0.481. The van der Waals surface area contributed by atoms with Crippen LogP contribution in [0.4, 0.5) is 5.69 Å². The lowest BCUT2D eigenvalue weighted by Crippen LogP contribution is -1.95. The van der Waals surface area contributed by atoms with Gasteiger partial charge in [0, 0.05) is 17.7 Å². The number of ether oxygens (including phenoxy) is 3. The maximum absolute atomic E-state index is 11.9. The largest absolute Gasteiger partial charge is 0.454 e. The van der Waals surface area contributed by atoms with Crippen LogP contribution in [0.5, 0.6) is 11.5 Å². The molecule has 0 N–H and O–H groups in total. The number of nitro groups is 1. The van der Waals surface area contributed by atoms with Crippen LogP contribution in [0, 0.1) is 10.1 Å². The minimum absolute atomic E-state index is 0.148. The summed E-state index contributed by atoms with van der Waals surface area (Å²) in [5.41, 5.74) is 1.33. The Hall–Kier alpha value is -3.35. The van der Waals surface area contributed by atoms with Crippen LogP contribution in [0.3, 0.4) is 0 Å². The van der Waals surface area contributed by atoms with Gasteiger partial charge in [-0.1, -0.05) is 6.07 Å². The predicted molar refractivity (Wildman–Crippen MR) is 78.9 cm³/mol. The molecule has 0 aromatic heterocycles. The molecule has 7 heteroatoms. The van der Waals surface area contributed by atoms with Gasteiger partial charge in [-0.3, -0.25) is 10.1 Å². The summed E-state index contributed by atoms with van der Waals surface area (Å²) in [5.74, 6) is 1.02. The van der Waals surface area contributed by atoms with Crippen LogP contribution >= 0.6 is 0 Å². The Labute approximate surface area is 129 Å². The van der Waals surface area contributed by atoms with E-state index in [1.807, 2.05) is 0 Å². The Morgan fingerprint density at radius 3 is 2.70 bits per heavy atom. The first-order valence-electron chi connectivity index (χ1n) is 6.74. The van der Waals surface area contributed by atoms with Crippen molar-refractivity contribution in [1.29, 1.82) is 0 Å². The van der Waals surface area contributed by atoms with E-state index in [4.69, 9.17) is 14.2 Å². The number of fused-ring (bicyclic) bond motifs is 2. The molecule has 2 aliphatic heterocycles. The van der Waals surface area contributed by atoms with Gasteiger partial charge in [-0.15, -0.1) is 0 Å². The Bertz CT molecular complexity index is 886. The van der Waals surface area contributed by atoms with Crippen molar-refractivity contribution in [2.75, 3.05) is 6.79 Å². The van der Waals surface area contributed by atoms with Gasteiger partial charge >= 0.3 is 5.97 Å². The van der Waals surface area contributed by atoms with E-state index in [1.165, 1.54) is 18.2 Å². The fourth-order valence-corrected chi connectivity index (χ4v) is 2.50. The average molecular weight is 311 g/mol. The Morgan fingerprint density at radius 2 is 1.87 bits per heavy atom. The summed E-state index contributed by atoms with van der Waals surface area (Å²) in [7, 11) is 0. The van der Waals surface area contributed by atoms with Gasteiger partial charge < -0.3 is 14.2 Å². The number of nitro benzene ring substituents is 1. The highest BCUT2D eigenvalue weighted by Gasteiger charge is 2.28. The topological polar surface area (TPSA) is 87.9 Å². The molecule has 2 heterocycles. The average Bonchev–Trinajstić information content (AvgIpc) is 3.12. The highest BCUT2D eigenvalue weighted by Crippen LogP contribution is 2.36. The molecule has 0 saturated heterocycles. The summed E-state index contributed by atoms with van der Waals surface area (Å²) in [5, 5.41) is 10.8. The van der Waals surface area contributed by atoms with E-state index in [0.29, 0.717) is 22.8 Å². The summed E-state index contributed by atoms with van der Waals surface area (Å²) in [6, 6.07) is 9.41.